The molecular formula is C22H23ClN4O3. The van der Waals surface area contributed by atoms with Crippen molar-refractivity contribution >= 4 is 34.2 Å². The van der Waals surface area contributed by atoms with E-state index in [0.717, 1.165) is 24.8 Å². The van der Waals surface area contributed by atoms with Gasteiger partial charge in [-0.05, 0) is 30.2 Å². The normalized spacial score (nSPS) is 10.7. The summed E-state index contributed by atoms with van der Waals surface area (Å²) in [6, 6.07) is 13.7. The SMILES string of the molecule is CCCCCn1nc(C(=O)NNC(=O)Cc2ccc(Cl)cc2)c2ccccc2c1=O. The van der Waals surface area contributed by atoms with Crippen LogP contribution < -0.4 is 16.4 Å². The molecular weight excluding hydrogens is 404 g/mol. The van der Waals surface area contributed by atoms with Crippen LogP contribution in [0.2, 0.25) is 5.02 Å². The molecule has 2 N–H and O–H groups in total. The number of aryl methyl sites for hydroxylation is 1. The first kappa shape index (κ1) is 21.5. The number of hydrazine groups is 1. The molecule has 30 heavy (non-hydrogen) atoms. The highest BCUT2D eigenvalue weighted by atomic mass is 35.5. The third kappa shape index (κ3) is 5.24. The maximum Gasteiger partial charge on any atom is 0.290 e. The van der Waals surface area contributed by atoms with Gasteiger partial charge in [-0.25, -0.2) is 4.68 Å². The predicted octanol–water partition coefficient (Wildman–Crippen LogP) is 3.24. The van der Waals surface area contributed by atoms with E-state index < -0.39 is 5.91 Å². The summed E-state index contributed by atoms with van der Waals surface area (Å²) in [5.74, 6) is -0.967. The maximum atomic E-state index is 12.7. The van der Waals surface area contributed by atoms with Gasteiger partial charge in [0.25, 0.3) is 11.5 Å². The van der Waals surface area contributed by atoms with E-state index in [2.05, 4.69) is 22.9 Å². The Morgan fingerprint density at radius 2 is 1.70 bits per heavy atom. The van der Waals surface area contributed by atoms with E-state index >= 15 is 0 Å². The van der Waals surface area contributed by atoms with Gasteiger partial charge in [0.15, 0.2) is 5.69 Å². The Hall–Kier alpha value is -3.19. The van der Waals surface area contributed by atoms with Crippen LogP contribution in [0.15, 0.2) is 53.3 Å². The largest absolute Gasteiger partial charge is 0.290 e. The quantitative estimate of drug-likeness (QED) is 0.448. The van der Waals surface area contributed by atoms with Crippen LogP contribution in [0.25, 0.3) is 10.8 Å². The molecule has 0 fully saturated rings. The van der Waals surface area contributed by atoms with Gasteiger partial charge in [-0.1, -0.05) is 61.7 Å². The van der Waals surface area contributed by atoms with Gasteiger partial charge in [-0.15, -0.1) is 0 Å². The molecule has 0 bridgehead atoms. The van der Waals surface area contributed by atoms with Gasteiger partial charge in [0.05, 0.1) is 11.8 Å². The summed E-state index contributed by atoms with van der Waals surface area (Å²) in [5, 5.41) is 5.71. The number of carbonyl (C=O) groups is 2. The van der Waals surface area contributed by atoms with Crippen molar-refractivity contribution in [2.75, 3.05) is 0 Å². The Balaban J connectivity index is 1.76. The average molecular weight is 427 g/mol. The molecule has 156 valence electrons. The minimum Gasteiger partial charge on any atom is -0.273 e. The molecule has 0 aliphatic heterocycles. The smallest absolute Gasteiger partial charge is 0.273 e. The van der Waals surface area contributed by atoms with Crippen LogP contribution in [0, 0.1) is 0 Å². The van der Waals surface area contributed by atoms with Gasteiger partial charge >= 0.3 is 0 Å². The van der Waals surface area contributed by atoms with Crippen molar-refractivity contribution in [1.82, 2.24) is 20.6 Å². The van der Waals surface area contributed by atoms with Crippen LogP contribution in [0.4, 0.5) is 0 Å². The van der Waals surface area contributed by atoms with Gasteiger partial charge in [0, 0.05) is 17.0 Å². The molecule has 0 atom stereocenters. The molecule has 8 heteroatoms. The van der Waals surface area contributed by atoms with E-state index in [1.165, 1.54) is 4.68 Å². The van der Waals surface area contributed by atoms with E-state index in [-0.39, 0.29) is 23.6 Å². The van der Waals surface area contributed by atoms with Gasteiger partial charge in [0.1, 0.15) is 0 Å². The molecule has 0 saturated carbocycles. The lowest BCUT2D eigenvalue weighted by Crippen LogP contribution is -2.43. The Morgan fingerprint density at radius 3 is 2.40 bits per heavy atom. The highest BCUT2D eigenvalue weighted by Crippen LogP contribution is 2.14. The van der Waals surface area contributed by atoms with Crippen molar-refractivity contribution in [3.63, 3.8) is 0 Å². The number of unbranched alkanes of at least 4 members (excludes halogenated alkanes) is 2. The number of hydrogen-bond acceptors (Lipinski definition) is 4. The first-order valence-corrected chi connectivity index (χ1v) is 10.2. The molecule has 7 nitrogen and oxygen atoms in total. The molecule has 0 aliphatic carbocycles. The van der Waals surface area contributed by atoms with Crippen LogP contribution in [0.1, 0.15) is 42.2 Å². The Morgan fingerprint density at radius 1 is 1.00 bits per heavy atom. The van der Waals surface area contributed by atoms with E-state index in [1.54, 1.807) is 48.5 Å². The number of hydrogen-bond donors (Lipinski definition) is 2. The number of benzene rings is 2. The van der Waals surface area contributed by atoms with Gasteiger partial charge < -0.3 is 0 Å². The van der Waals surface area contributed by atoms with Crippen LogP contribution in [0.5, 0.6) is 0 Å². The first-order chi connectivity index (χ1) is 14.5. The highest BCUT2D eigenvalue weighted by molar-refractivity contribution is 6.30. The number of nitrogens with zero attached hydrogens (tertiary/aromatic N) is 2. The summed E-state index contributed by atoms with van der Waals surface area (Å²) >= 11 is 5.84. The molecule has 3 aromatic rings. The minimum atomic E-state index is -0.583. The maximum absolute atomic E-state index is 12.7. The zero-order valence-corrected chi connectivity index (χ0v) is 17.4. The van der Waals surface area contributed by atoms with E-state index in [9.17, 15) is 14.4 Å². The standard InChI is InChI=1S/C22H23ClN4O3/c1-2-3-6-13-27-22(30)18-8-5-4-7-17(18)20(26-27)21(29)25-24-19(28)14-15-9-11-16(23)12-10-15/h4-5,7-12H,2-3,6,13-14H2,1H3,(H,24,28)(H,25,29). The van der Waals surface area contributed by atoms with Crippen molar-refractivity contribution in [3.8, 4) is 0 Å². The summed E-state index contributed by atoms with van der Waals surface area (Å²) in [6.07, 6.45) is 2.85. The monoisotopic (exact) mass is 426 g/mol. The predicted molar refractivity (Wildman–Crippen MR) is 116 cm³/mol. The first-order valence-electron chi connectivity index (χ1n) is 9.83. The number of rotatable bonds is 7. The Labute approximate surface area is 179 Å². The number of aromatic nitrogens is 2. The second-order valence-corrected chi connectivity index (χ2v) is 7.37. The summed E-state index contributed by atoms with van der Waals surface area (Å²) < 4.78 is 1.32. The highest BCUT2D eigenvalue weighted by Gasteiger charge is 2.17. The van der Waals surface area contributed by atoms with Gasteiger partial charge in [0.2, 0.25) is 5.91 Å². The van der Waals surface area contributed by atoms with Crippen LogP contribution in [-0.4, -0.2) is 21.6 Å². The molecule has 1 aromatic heterocycles. The summed E-state index contributed by atoms with van der Waals surface area (Å²) in [7, 11) is 0. The summed E-state index contributed by atoms with van der Waals surface area (Å²) in [5.41, 5.74) is 5.41. The van der Waals surface area contributed by atoms with Crippen LogP contribution >= 0.6 is 11.6 Å². The Kier molecular flexibility index (Phi) is 7.19. The second-order valence-electron chi connectivity index (χ2n) is 6.94. The number of carbonyl (C=O) groups excluding carboxylic acids is 2. The lowest BCUT2D eigenvalue weighted by atomic mass is 10.1. The fourth-order valence-corrected chi connectivity index (χ4v) is 3.21. The van der Waals surface area contributed by atoms with E-state index in [4.69, 9.17) is 11.6 Å². The molecule has 0 radical (unpaired) electrons. The fraction of sp³-hybridized carbons (Fsp3) is 0.273. The lowest BCUT2D eigenvalue weighted by molar-refractivity contribution is -0.121. The number of fused-ring (bicyclic) bond motifs is 1. The zero-order chi connectivity index (χ0) is 21.5. The van der Waals surface area contributed by atoms with Crippen LogP contribution in [-0.2, 0) is 17.8 Å². The topological polar surface area (TPSA) is 93.1 Å². The summed E-state index contributed by atoms with van der Waals surface area (Å²) in [4.78, 5) is 37.6. The molecule has 1 heterocycles. The van der Waals surface area contributed by atoms with E-state index in [0.29, 0.717) is 22.3 Å². The Bertz CT molecular complexity index is 1110. The third-order valence-electron chi connectivity index (χ3n) is 4.65. The molecule has 2 amide bonds. The molecule has 0 aliphatic rings. The zero-order valence-electron chi connectivity index (χ0n) is 16.7. The van der Waals surface area contributed by atoms with Gasteiger partial charge in [-0.2, -0.15) is 5.10 Å². The van der Waals surface area contributed by atoms with Crippen molar-refractivity contribution in [2.24, 2.45) is 0 Å². The van der Waals surface area contributed by atoms with Crippen molar-refractivity contribution in [2.45, 2.75) is 39.2 Å². The van der Waals surface area contributed by atoms with Crippen molar-refractivity contribution in [1.29, 1.82) is 0 Å². The minimum absolute atomic E-state index is 0.0855. The molecule has 0 unspecified atom stereocenters. The summed E-state index contributed by atoms with van der Waals surface area (Å²) in [6.45, 7) is 2.50. The third-order valence-corrected chi connectivity index (χ3v) is 4.90. The van der Waals surface area contributed by atoms with Crippen molar-refractivity contribution < 1.29 is 9.59 Å². The molecule has 3 rings (SSSR count). The van der Waals surface area contributed by atoms with E-state index in [1.807, 2.05) is 0 Å². The number of halogens is 1. The van der Waals surface area contributed by atoms with Gasteiger partial charge in [-0.3, -0.25) is 25.2 Å². The molecule has 0 saturated heterocycles. The second kappa shape index (κ2) is 10.0. The number of amides is 2. The van der Waals surface area contributed by atoms with Crippen molar-refractivity contribution in [3.05, 3.63) is 75.2 Å². The average Bonchev–Trinajstić information content (AvgIpc) is 2.75. The lowest BCUT2D eigenvalue weighted by Gasteiger charge is -2.12. The number of nitrogens with one attached hydrogen (secondary N) is 2. The molecule has 2 aromatic carbocycles. The fourth-order valence-electron chi connectivity index (χ4n) is 3.08. The molecule has 0 spiro atoms. The van der Waals surface area contributed by atoms with Crippen LogP contribution in [0.3, 0.4) is 0 Å².